The van der Waals surface area contributed by atoms with Gasteiger partial charge in [0.15, 0.2) is 6.61 Å². The monoisotopic (exact) mass is 385 g/mol. The van der Waals surface area contributed by atoms with Crippen LogP contribution in [0.15, 0.2) is 36.4 Å². The van der Waals surface area contributed by atoms with E-state index in [-0.39, 0.29) is 5.91 Å². The fourth-order valence-corrected chi connectivity index (χ4v) is 2.92. The van der Waals surface area contributed by atoms with Gasteiger partial charge in [0.25, 0.3) is 5.91 Å². The molecule has 150 valence electrons. The highest BCUT2D eigenvalue weighted by Gasteiger charge is 2.13. The Kier molecular flexibility index (Phi) is 8.02. The van der Waals surface area contributed by atoms with Crippen LogP contribution in [0.3, 0.4) is 0 Å². The molecule has 0 bridgehead atoms. The van der Waals surface area contributed by atoms with Gasteiger partial charge in [0.1, 0.15) is 5.75 Å². The average Bonchev–Trinajstić information content (AvgIpc) is 2.66. The first kappa shape index (κ1) is 21.4. The van der Waals surface area contributed by atoms with E-state index in [9.17, 15) is 9.59 Å². The molecule has 0 aliphatic heterocycles. The van der Waals surface area contributed by atoms with Gasteiger partial charge in [-0.15, -0.1) is 0 Å². The summed E-state index contributed by atoms with van der Waals surface area (Å²) in [6.45, 7) is 6.87. The quantitative estimate of drug-likeness (QED) is 0.610. The predicted molar refractivity (Wildman–Crippen MR) is 107 cm³/mol. The number of ether oxygens (including phenoxy) is 2. The Bertz CT molecular complexity index is 808. The molecule has 0 aliphatic rings. The number of hydrogen-bond acceptors (Lipinski definition) is 4. The van der Waals surface area contributed by atoms with Crippen molar-refractivity contribution in [2.45, 2.75) is 40.3 Å². The summed E-state index contributed by atoms with van der Waals surface area (Å²) in [5.41, 5.74) is 4.03. The van der Waals surface area contributed by atoms with Gasteiger partial charge in [0.2, 0.25) is 0 Å². The van der Waals surface area contributed by atoms with Gasteiger partial charge >= 0.3 is 5.97 Å². The zero-order valence-electron chi connectivity index (χ0n) is 16.6. The largest absolute Gasteiger partial charge is 0.481 e. The first-order chi connectivity index (χ1) is 13.4. The Morgan fingerprint density at radius 1 is 1.07 bits per heavy atom. The third-order valence-electron chi connectivity index (χ3n) is 4.23. The van der Waals surface area contributed by atoms with E-state index < -0.39 is 12.6 Å². The highest BCUT2D eigenvalue weighted by Crippen LogP contribution is 2.25. The van der Waals surface area contributed by atoms with E-state index in [1.807, 2.05) is 24.3 Å². The molecule has 2 rings (SSSR count). The van der Waals surface area contributed by atoms with E-state index in [2.05, 4.69) is 12.2 Å². The van der Waals surface area contributed by atoms with Gasteiger partial charge < -0.3 is 19.9 Å². The maximum absolute atomic E-state index is 12.6. The molecule has 0 aliphatic carbocycles. The van der Waals surface area contributed by atoms with E-state index in [1.165, 1.54) is 0 Å². The molecule has 0 fully saturated rings. The maximum atomic E-state index is 12.6. The second-order valence-electron chi connectivity index (χ2n) is 6.63. The van der Waals surface area contributed by atoms with E-state index in [1.54, 1.807) is 26.0 Å². The first-order valence-electron chi connectivity index (χ1n) is 9.31. The van der Waals surface area contributed by atoms with Crippen LogP contribution in [-0.2, 0) is 22.7 Å². The van der Waals surface area contributed by atoms with Gasteiger partial charge in [0, 0.05) is 18.7 Å². The van der Waals surface area contributed by atoms with Gasteiger partial charge in [-0.25, -0.2) is 4.79 Å². The molecule has 0 heterocycles. The molecule has 2 N–H and O–H groups in total. The SMILES string of the molecule is CCCOCc1ccccc1CNC(=O)c1cc(C)c(OCC(=O)O)c(C)c1. The van der Waals surface area contributed by atoms with Crippen LogP contribution in [0.1, 0.15) is 46.0 Å². The molecule has 28 heavy (non-hydrogen) atoms. The van der Waals surface area contributed by atoms with Gasteiger partial charge in [-0.1, -0.05) is 31.2 Å². The zero-order valence-corrected chi connectivity index (χ0v) is 16.6. The third kappa shape index (κ3) is 6.09. The molecule has 6 nitrogen and oxygen atoms in total. The average molecular weight is 385 g/mol. The van der Waals surface area contributed by atoms with Crippen molar-refractivity contribution in [3.8, 4) is 5.75 Å². The topological polar surface area (TPSA) is 84.9 Å². The first-order valence-corrected chi connectivity index (χ1v) is 9.31. The number of carbonyl (C=O) groups excluding carboxylic acids is 1. The van der Waals surface area contributed by atoms with Gasteiger partial charge in [-0.05, 0) is 54.7 Å². The van der Waals surface area contributed by atoms with Crippen molar-refractivity contribution in [2.75, 3.05) is 13.2 Å². The van der Waals surface area contributed by atoms with Crippen LogP contribution in [-0.4, -0.2) is 30.2 Å². The van der Waals surface area contributed by atoms with Gasteiger partial charge in [-0.2, -0.15) is 0 Å². The number of amides is 1. The summed E-state index contributed by atoms with van der Waals surface area (Å²) in [5, 5.41) is 11.7. The van der Waals surface area contributed by atoms with Gasteiger partial charge in [0.05, 0.1) is 6.61 Å². The molecule has 0 saturated heterocycles. The predicted octanol–water partition coefficient (Wildman–Crippen LogP) is 3.62. The van der Waals surface area contributed by atoms with Crippen molar-refractivity contribution in [1.29, 1.82) is 0 Å². The lowest BCUT2D eigenvalue weighted by molar-refractivity contribution is -0.139. The molecular weight excluding hydrogens is 358 g/mol. The van der Waals surface area contributed by atoms with Crippen molar-refractivity contribution in [3.63, 3.8) is 0 Å². The van der Waals surface area contributed by atoms with Crippen LogP contribution < -0.4 is 10.1 Å². The molecule has 0 aromatic heterocycles. The summed E-state index contributed by atoms with van der Waals surface area (Å²) in [6, 6.07) is 11.3. The lowest BCUT2D eigenvalue weighted by Crippen LogP contribution is -2.24. The normalized spacial score (nSPS) is 10.5. The smallest absolute Gasteiger partial charge is 0.341 e. The molecule has 0 spiro atoms. The van der Waals surface area contributed by atoms with E-state index in [0.717, 1.165) is 28.7 Å². The van der Waals surface area contributed by atoms with Crippen molar-refractivity contribution < 1.29 is 24.2 Å². The molecule has 0 saturated carbocycles. The lowest BCUT2D eigenvalue weighted by Gasteiger charge is -2.14. The number of aryl methyl sites for hydroxylation is 2. The minimum atomic E-state index is -1.04. The number of carboxylic acids is 1. The van der Waals surface area contributed by atoms with Gasteiger partial charge in [-0.3, -0.25) is 4.79 Å². The number of carboxylic acid groups (broad SMARTS) is 1. The summed E-state index contributed by atoms with van der Waals surface area (Å²) in [7, 11) is 0. The molecule has 0 unspecified atom stereocenters. The lowest BCUT2D eigenvalue weighted by atomic mass is 10.0. The number of hydrogen-bond donors (Lipinski definition) is 2. The molecule has 2 aromatic rings. The fraction of sp³-hybridized carbons (Fsp3) is 0.364. The summed E-state index contributed by atoms with van der Waals surface area (Å²) in [6.07, 6.45) is 0.962. The Morgan fingerprint density at radius 2 is 1.71 bits per heavy atom. The Morgan fingerprint density at radius 3 is 2.32 bits per heavy atom. The van der Waals surface area contributed by atoms with E-state index >= 15 is 0 Å². The summed E-state index contributed by atoms with van der Waals surface area (Å²) < 4.78 is 10.9. The zero-order chi connectivity index (χ0) is 20.5. The van der Waals surface area contributed by atoms with Crippen LogP contribution in [0.5, 0.6) is 5.75 Å². The fourth-order valence-electron chi connectivity index (χ4n) is 2.92. The van der Waals surface area contributed by atoms with Crippen LogP contribution in [0.25, 0.3) is 0 Å². The number of aliphatic carboxylic acids is 1. The number of benzene rings is 2. The minimum absolute atomic E-state index is 0.194. The minimum Gasteiger partial charge on any atom is -0.481 e. The Hall–Kier alpha value is -2.86. The third-order valence-corrected chi connectivity index (χ3v) is 4.23. The van der Waals surface area contributed by atoms with Crippen molar-refractivity contribution in [1.82, 2.24) is 5.32 Å². The molecule has 0 radical (unpaired) electrons. The maximum Gasteiger partial charge on any atom is 0.341 e. The number of carbonyl (C=O) groups is 2. The van der Waals surface area contributed by atoms with E-state index in [0.29, 0.717) is 31.1 Å². The highest BCUT2D eigenvalue weighted by molar-refractivity contribution is 5.94. The number of rotatable bonds is 10. The Balaban J connectivity index is 2.05. The van der Waals surface area contributed by atoms with Crippen LogP contribution >= 0.6 is 0 Å². The second-order valence-corrected chi connectivity index (χ2v) is 6.63. The molecular formula is C22H27NO5. The van der Waals surface area contributed by atoms with Crippen LogP contribution in [0.4, 0.5) is 0 Å². The summed E-state index contributed by atoms with van der Waals surface area (Å²) >= 11 is 0. The van der Waals surface area contributed by atoms with Crippen molar-refractivity contribution >= 4 is 11.9 Å². The number of nitrogens with one attached hydrogen (secondary N) is 1. The summed E-state index contributed by atoms with van der Waals surface area (Å²) in [4.78, 5) is 23.3. The highest BCUT2D eigenvalue weighted by atomic mass is 16.5. The van der Waals surface area contributed by atoms with Crippen LogP contribution in [0.2, 0.25) is 0 Å². The molecule has 6 heteroatoms. The summed E-state index contributed by atoms with van der Waals surface area (Å²) in [5.74, 6) is -0.736. The molecule has 2 aromatic carbocycles. The van der Waals surface area contributed by atoms with Crippen molar-refractivity contribution in [3.05, 3.63) is 64.2 Å². The molecule has 1 amide bonds. The molecule has 0 atom stereocenters. The standard InChI is InChI=1S/C22H27NO5/c1-4-9-27-13-18-8-6-5-7-17(18)12-23-22(26)19-10-15(2)21(16(3)11-19)28-14-20(24)25/h5-8,10-11H,4,9,12-14H2,1-3H3,(H,23,26)(H,24,25). The Labute approximate surface area is 165 Å². The van der Waals surface area contributed by atoms with E-state index in [4.69, 9.17) is 14.6 Å². The second kappa shape index (κ2) is 10.5. The van der Waals surface area contributed by atoms with Crippen molar-refractivity contribution in [2.24, 2.45) is 0 Å². The van der Waals surface area contributed by atoms with Crippen LogP contribution in [0, 0.1) is 13.8 Å².